The first-order valence-electron chi connectivity index (χ1n) is 6.64. The number of benzene rings is 2. The molecule has 22 heavy (non-hydrogen) atoms. The van der Waals surface area contributed by atoms with Crippen molar-refractivity contribution >= 4 is 39.2 Å². The number of aliphatic hydroxyl groups is 1. The molecule has 0 aliphatic carbocycles. The number of halogens is 1. The summed E-state index contributed by atoms with van der Waals surface area (Å²) in [6, 6.07) is 16.2. The Kier molecular flexibility index (Phi) is 6.06. The second kappa shape index (κ2) is 8.03. The van der Waals surface area contributed by atoms with Crippen LogP contribution in [0.5, 0.6) is 0 Å². The van der Waals surface area contributed by atoms with E-state index in [2.05, 4.69) is 26.6 Å². The molecule has 114 valence electrons. The Bertz CT molecular complexity index is 647. The molecule has 0 aliphatic rings. The van der Waals surface area contributed by atoms with E-state index in [0.29, 0.717) is 5.56 Å². The monoisotopic (exact) mass is 378 g/mol. The van der Waals surface area contributed by atoms with Crippen LogP contribution >= 0.6 is 28.1 Å². The Morgan fingerprint density at radius 2 is 1.77 bits per heavy atom. The molecule has 1 unspecified atom stereocenters. The van der Waals surface area contributed by atoms with E-state index >= 15 is 0 Å². The molecule has 2 rings (SSSR count). The van der Waals surface area contributed by atoms with Crippen molar-refractivity contribution in [1.29, 1.82) is 0 Å². The third kappa shape index (κ3) is 4.91. The van der Waals surface area contributed by atoms with Gasteiger partial charge in [-0.05, 0) is 42.0 Å². The number of rotatable bonds is 4. The number of hydrogen-bond acceptors (Lipinski definition) is 3. The van der Waals surface area contributed by atoms with Crippen molar-refractivity contribution in [3.63, 3.8) is 0 Å². The van der Waals surface area contributed by atoms with Crippen LogP contribution in [-0.2, 0) is 0 Å². The van der Waals surface area contributed by atoms with E-state index in [1.165, 1.54) is 0 Å². The third-order valence-corrected chi connectivity index (χ3v) is 3.75. The van der Waals surface area contributed by atoms with Gasteiger partial charge >= 0.3 is 0 Å². The summed E-state index contributed by atoms with van der Waals surface area (Å²) in [7, 11) is 0. The van der Waals surface area contributed by atoms with Crippen molar-refractivity contribution in [2.75, 3.05) is 6.54 Å². The molecule has 0 saturated carbocycles. The average Bonchev–Trinajstić information content (AvgIpc) is 2.54. The van der Waals surface area contributed by atoms with E-state index in [1.54, 1.807) is 24.3 Å². The molecule has 0 spiro atoms. The predicted molar refractivity (Wildman–Crippen MR) is 93.6 cm³/mol. The molecule has 0 aliphatic heterocycles. The molecule has 3 N–H and O–H groups in total. The minimum atomic E-state index is -0.709. The number of aliphatic hydroxyl groups excluding tert-OH is 1. The largest absolute Gasteiger partial charge is 0.387 e. The van der Waals surface area contributed by atoms with Crippen molar-refractivity contribution in [2.45, 2.75) is 6.10 Å². The van der Waals surface area contributed by atoms with E-state index in [-0.39, 0.29) is 17.6 Å². The van der Waals surface area contributed by atoms with Crippen LogP contribution in [0.4, 0.5) is 0 Å². The molecule has 2 aromatic carbocycles. The van der Waals surface area contributed by atoms with Gasteiger partial charge in [-0.3, -0.25) is 10.1 Å². The number of amides is 1. The van der Waals surface area contributed by atoms with Crippen LogP contribution in [0.1, 0.15) is 22.0 Å². The summed E-state index contributed by atoms with van der Waals surface area (Å²) >= 11 is 8.40. The Hall–Kier alpha value is -1.76. The molecule has 0 aromatic heterocycles. The molecule has 0 saturated heterocycles. The molecular formula is C16H15BrN2O2S. The van der Waals surface area contributed by atoms with E-state index in [9.17, 15) is 9.90 Å². The van der Waals surface area contributed by atoms with Crippen LogP contribution < -0.4 is 10.6 Å². The lowest BCUT2D eigenvalue weighted by atomic mass is 10.1. The summed E-state index contributed by atoms with van der Waals surface area (Å²) in [6.45, 7) is 0.218. The normalized spacial score (nSPS) is 11.5. The summed E-state index contributed by atoms with van der Waals surface area (Å²) in [5.41, 5.74) is 1.30. The lowest BCUT2D eigenvalue weighted by Gasteiger charge is -2.14. The fourth-order valence-electron chi connectivity index (χ4n) is 1.80. The van der Waals surface area contributed by atoms with Gasteiger partial charge in [0.15, 0.2) is 5.11 Å². The summed E-state index contributed by atoms with van der Waals surface area (Å²) < 4.78 is 0.946. The third-order valence-electron chi connectivity index (χ3n) is 2.97. The quantitative estimate of drug-likeness (QED) is 0.715. The van der Waals surface area contributed by atoms with Gasteiger partial charge in [-0.2, -0.15) is 0 Å². The van der Waals surface area contributed by atoms with Crippen molar-refractivity contribution in [2.24, 2.45) is 0 Å². The molecule has 0 heterocycles. The van der Waals surface area contributed by atoms with Crippen LogP contribution in [-0.4, -0.2) is 22.7 Å². The van der Waals surface area contributed by atoms with Crippen molar-refractivity contribution in [1.82, 2.24) is 10.6 Å². The number of carbonyl (C=O) groups excluding carboxylic acids is 1. The Labute approximate surface area is 142 Å². The SMILES string of the molecule is O=C(NC(=S)NCC(O)c1ccc(Br)cc1)c1ccccc1. The van der Waals surface area contributed by atoms with E-state index in [4.69, 9.17) is 12.2 Å². The molecule has 1 amide bonds. The lowest BCUT2D eigenvalue weighted by molar-refractivity contribution is 0.0976. The Morgan fingerprint density at radius 1 is 1.14 bits per heavy atom. The topological polar surface area (TPSA) is 61.4 Å². The second-order valence-corrected chi connectivity index (χ2v) is 5.92. The van der Waals surface area contributed by atoms with Crippen LogP contribution in [0.25, 0.3) is 0 Å². The van der Waals surface area contributed by atoms with Gasteiger partial charge in [0.25, 0.3) is 5.91 Å². The van der Waals surface area contributed by atoms with E-state index in [1.807, 2.05) is 30.3 Å². The maximum Gasteiger partial charge on any atom is 0.257 e. The molecule has 0 fully saturated rings. The molecule has 0 radical (unpaired) electrons. The highest BCUT2D eigenvalue weighted by Crippen LogP contribution is 2.16. The van der Waals surface area contributed by atoms with E-state index in [0.717, 1.165) is 10.0 Å². The molecular weight excluding hydrogens is 364 g/mol. The van der Waals surface area contributed by atoms with Crippen molar-refractivity contribution < 1.29 is 9.90 Å². The van der Waals surface area contributed by atoms with Gasteiger partial charge in [-0.15, -0.1) is 0 Å². The predicted octanol–water partition coefficient (Wildman–Crippen LogP) is 2.79. The number of thiocarbonyl (C=S) groups is 1. The maximum absolute atomic E-state index is 11.9. The highest BCUT2D eigenvalue weighted by atomic mass is 79.9. The number of carbonyl (C=O) groups is 1. The van der Waals surface area contributed by atoms with Gasteiger partial charge in [-0.25, -0.2) is 0 Å². The summed E-state index contributed by atoms with van der Waals surface area (Å²) in [5.74, 6) is -0.281. The molecule has 2 aromatic rings. The van der Waals surface area contributed by atoms with Crippen molar-refractivity contribution in [3.05, 3.63) is 70.2 Å². The summed E-state index contributed by atoms with van der Waals surface area (Å²) in [6.07, 6.45) is -0.709. The van der Waals surface area contributed by atoms with Gasteiger partial charge in [0.2, 0.25) is 0 Å². The van der Waals surface area contributed by atoms with Crippen LogP contribution in [0.3, 0.4) is 0 Å². The smallest absolute Gasteiger partial charge is 0.257 e. The van der Waals surface area contributed by atoms with Crippen LogP contribution in [0, 0.1) is 0 Å². The second-order valence-electron chi connectivity index (χ2n) is 4.60. The first-order chi connectivity index (χ1) is 10.6. The summed E-state index contributed by atoms with van der Waals surface area (Å²) in [5, 5.41) is 15.7. The lowest BCUT2D eigenvalue weighted by Crippen LogP contribution is -2.40. The van der Waals surface area contributed by atoms with Crippen LogP contribution in [0.2, 0.25) is 0 Å². The Morgan fingerprint density at radius 3 is 2.41 bits per heavy atom. The maximum atomic E-state index is 11.9. The standard InChI is InChI=1S/C16H15BrN2O2S/c17-13-8-6-11(7-9-13)14(20)10-18-16(22)19-15(21)12-4-2-1-3-5-12/h1-9,14,20H,10H2,(H2,18,19,21,22). The van der Waals surface area contributed by atoms with Crippen LogP contribution in [0.15, 0.2) is 59.1 Å². The number of hydrogen-bond donors (Lipinski definition) is 3. The highest BCUT2D eigenvalue weighted by Gasteiger charge is 2.10. The average molecular weight is 379 g/mol. The molecule has 4 nitrogen and oxygen atoms in total. The highest BCUT2D eigenvalue weighted by molar-refractivity contribution is 9.10. The molecule has 6 heteroatoms. The van der Waals surface area contributed by atoms with Gasteiger partial charge in [0.05, 0.1) is 6.10 Å². The van der Waals surface area contributed by atoms with E-state index < -0.39 is 6.10 Å². The van der Waals surface area contributed by atoms with Gasteiger partial charge < -0.3 is 10.4 Å². The molecule has 0 bridgehead atoms. The zero-order valence-electron chi connectivity index (χ0n) is 11.6. The zero-order valence-corrected chi connectivity index (χ0v) is 14.0. The van der Waals surface area contributed by atoms with Gasteiger partial charge in [-0.1, -0.05) is 46.3 Å². The number of nitrogens with one attached hydrogen (secondary N) is 2. The fourth-order valence-corrected chi connectivity index (χ4v) is 2.24. The van der Waals surface area contributed by atoms with Gasteiger partial charge in [0, 0.05) is 16.6 Å². The first-order valence-corrected chi connectivity index (χ1v) is 7.84. The zero-order chi connectivity index (χ0) is 15.9. The minimum Gasteiger partial charge on any atom is -0.387 e. The molecule has 1 atom stereocenters. The van der Waals surface area contributed by atoms with Crippen molar-refractivity contribution in [3.8, 4) is 0 Å². The fraction of sp³-hybridized carbons (Fsp3) is 0.125. The minimum absolute atomic E-state index is 0.185. The first kappa shape index (κ1) is 16.6. The summed E-state index contributed by atoms with van der Waals surface area (Å²) in [4.78, 5) is 11.9. The van der Waals surface area contributed by atoms with Gasteiger partial charge in [0.1, 0.15) is 0 Å². The Balaban J connectivity index is 1.82.